The van der Waals surface area contributed by atoms with Gasteiger partial charge in [-0.05, 0) is 35.6 Å². The van der Waals surface area contributed by atoms with Gasteiger partial charge in [0.1, 0.15) is 6.04 Å². The van der Waals surface area contributed by atoms with Crippen molar-refractivity contribution in [3.63, 3.8) is 0 Å². The van der Waals surface area contributed by atoms with E-state index in [1.807, 2.05) is 60.8 Å². The van der Waals surface area contributed by atoms with E-state index in [1.165, 1.54) is 0 Å². The largest absolute Gasteiger partial charge is 0.357 e. The van der Waals surface area contributed by atoms with Crippen LogP contribution in [-0.4, -0.2) is 29.1 Å². The molecule has 1 unspecified atom stereocenters. The number of amides is 2. The van der Waals surface area contributed by atoms with E-state index in [0.717, 1.165) is 35.1 Å². The van der Waals surface area contributed by atoms with Crippen LogP contribution in [-0.2, 0) is 15.0 Å². The van der Waals surface area contributed by atoms with E-state index in [2.05, 4.69) is 20.8 Å². The van der Waals surface area contributed by atoms with Crippen LogP contribution < -0.4 is 10.6 Å². The Morgan fingerprint density at radius 1 is 1.07 bits per heavy atom. The van der Waals surface area contributed by atoms with Crippen molar-refractivity contribution in [3.05, 3.63) is 78.1 Å². The van der Waals surface area contributed by atoms with Gasteiger partial charge < -0.3 is 10.6 Å². The third-order valence-corrected chi connectivity index (χ3v) is 5.35. The normalized spacial score (nSPS) is 15.5. The summed E-state index contributed by atoms with van der Waals surface area (Å²) in [5.41, 5.74) is 3.13. The number of nitrogens with zero attached hydrogens (tertiary/aromatic N) is 1. The van der Waals surface area contributed by atoms with Gasteiger partial charge in [-0.2, -0.15) is 5.10 Å². The third-order valence-electron chi connectivity index (χ3n) is 5.35. The summed E-state index contributed by atoms with van der Waals surface area (Å²) >= 11 is 0. The van der Waals surface area contributed by atoms with Crippen molar-refractivity contribution in [2.24, 2.45) is 0 Å². The van der Waals surface area contributed by atoms with E-state index in [0.29, 0.717) is 0 Å². The van der Waals surface area contributed by atoms with Crippen molar-refractivity contribution in [2.75, 3.05) is 7.05 Å². The standard InChI is InChI=1S/C22H22N4O2/c1-23-20(27)19(15-6-3-2-4-7-15)26-21(28)22(10-11-22)18-9-5-8-16(12-18)17-13-24-25-14-17/h2-9,12-14,19H,10-11H2,1H3,(H,23,27)(H,24,25)(H,26,28). The monoisotopic (exact) mass is 374 g/mol. The van der Waals surface area contributed by atoms with Crippen LogP contribution in [0.15, 0.2) is 67.0 Å². The third kappa shape index (κ3) is 3.29. The predicted molar refractivity (Wildman–Crippen MR) is 106 cm³/mol. The lowest BCUT2D eigenvalue weighted by Gasteiger charge is -2.22. The fourth-order valence-electron chi connectivity index (χ4n) is 3.54. The molecule has 6 heteroatoms. The summed E-state index contributed by atoms with van der Waals surface area (Å²) in [6.45, 7) is 0. The quantitative estimate of drug-likeness (QED) is 0.620. The Balaban J connectivity index is 1.60. The number of hydrogen-bond donors (Lipinski definition) is 3. The smallest absolute Gasteiger partial charge is 0.246 e. The average molecular weight is 374 g/mol. The molecule has 4 rings (SSSR count). The van der Waals surface area contributed by atoms with Crippen LogP contribution in [0.3, 0.4) is 0 Å². The van der Waals surface area contributed by atoms with Gasteiger partial charge in [0, 0.05) is 18.8 Å². The highest BCUT2D eigenvalue weighted by molar-refractivity contribution is 5.95. The summed E-state index contributed by atoms with van der Waals surface area (Å²) < 4.78 is 0. The highest BCUT2D eigenvalue weighted by Gasteiger charge is 2.52. The second-order valence-corrected chi connectivity index (χ2v) is 7.08. The lowest BCUT2D eigenvalue weighted by atomic mass is 9.91. The summed E-state index contributed by atoms with van der Waals surface area (Å²) in [5.74, 6) is -0.350. The van der Waals surface area contributed by atoms with Crippen molar-refractivity contribution < 1.29 is 9.59 Å². The van der Waals surface area contributed by atoms with Crippen LogP contribution in [0.1, 0.15) is 30.0 Å². The molecule has 1 aliphatic carbocycles. The van der Waals surface area contributed by atoms with Crippen LogP contribution >= 0.6 is 0 Å². The summed E-state index contributed by atoms with van der Waals surface area (Å²) in [6, 6.07) is 16.6. The lowest BCUT2D eigenvalue weighted by molar-refractivity contribution is -0.130. The molecule has 2 amide bonds. The predicted octanol–water partition coefficient (Wildman–Crippen LogP) is 2.71. The van der Waals surface area contributed by atoms with E-state index in [4.69, 9.17) is 0 Å². The molecule has 1 aliphatic rings. The minimum absolute atomic E-state index is 0.116. The number of carbonyl (C=O) groups is 2. The molecule has 0 aliphatic heterocycles. The number of benzene rings is 2. The Morgan fingerprint density at radius 2 is 1.86 bits per heavy atom. The van der Waals surface area contributed by atoms with Crippen LogP contribution in [0, 0.1) is 0 Å². The maximum absolute atomic E-state index is 13.2. The number of likely N-dealkylation sites (N-methyl/N-ethyl adjacent to an activating group) is 1. The molecule has 1 heterocycles. The first-order valence-electron chi connectivity index (χ1n) is 9.31. The Kier molecular flexibility index (Phi) is 4.69. The molecule has 1 atom stereocenters. The van der Waals surface area contributed by atoms with Gasteiger partial charge in [0.15, 0.2) is 0 Å². The first-order chi connectivity index (χ1) is 13.6. The minimum atomic E-state index is -0.715. The Bertz CT molecular complexity index is 979. The summed E-state index contributed by atoms with van der Waals surface area (Å²) in [4.78, 5) is 25.6. The molecule has 0 spiro atoms. The topological polar surface area (TPSA) is 86.9 Å². The van der Waals surface area contributed by atoms with E-state index < -0.39 is 11.5 Å². The van der Waals surface area contributed by atoms with Gasteiger partial charge in [0.25, 0.3) is 0 Å². The fraction of sp³-hybridized carbons (Fsp3) is 0.227. The molecule has 3 aromatic rings. The van der Waals surface area contributed by atoms with Crippen LogP contribution in [0.2, 0.25) is 0 Å². The van der Waals surface area contributed by atoms with Gasteiger partial charge in [-0.15, -0.1) is 0 Å². The molecular formula is C22H22N4O2. The van der Waals surface area contributed by atoms with E-state index >= 15 is 0 Å². The highest BCUT2D eigenvalue weighted by Crippen LogP contribution is 2.49. The van der Waals surface area contributed by atoms with Gasteiger partial charge >= 0.3 is 0 Å². The van der Waals surface area contributed by atoms with Crippen LogP contribution in [0.5, 0.6) is 0 Å². The molecule has 0 bridgehead atoms. The van der Waals surface area contributed by atoms with Gasteiger partial charge in [-0.1, -0.05) is 48.5 Å². The second-order valence-electron chi connectivity index (χ2n) is 7.08. The van der Waals surface area contributed by atoms with E-state index in [-0.39, 0.29) is 11.8 Å². The summed E-state index contributed by atoms with van der Waals surface area (Å²) in [6.07, 6.45) is 5.12. The van der Waals surface area contributed by atoms with Crippen molar-refractivity contribution in [1.29, 1.82) is 0 Å². The number of hydrogen-bond acceptors (Lipinski definition) is 3. The molecule has 0 radical (unpaired) electrons. The van der Waals surface area contributed by atoms with Crippen LogP contribution in [0.4, 0.5) is 0 Å². The van der Waals surface area contributed by atoms with Gasteiger partial charge in [-0.25, -0.2) is 0 Å². The Hall–Kier alpha value is -3.41. The number of nitrogens with one attached hydrogen (secondary N) is 3. The molecule has 142 valence electrons. The average Bonchev–Trinajstić information content (AvgIpc) is 3.38. The minimum Gasteiger partial charge on any atom is -0.357 e. The molecule has 6 nitrogen and oxygen atoms in total. The zero-order valence-corrected chi connectivity index (χ0v) is 15.6. The molecule has 28 heavy (non-hydrogen) atoms. The molecule has 1 aromatic heterocycles. The molecule has 0 saturated heterocycles. The summed E-state index contributed by atoms with van der Waals surface area (Å²) in [5, 5.41) is 12.4. The van der Waals surface area contributed by atoms with E-state index in [1.54, 1.807) is 13.2 Å². The molecule has 1 saturated carbocycles. The van der Waals surface area contributed by atoms with Crippen molar-refractivity contribution in [3.8, 4) is 11.1 Å². The van der Waals surface area contributed by atoms with Crippen molar-refractivity contribution in [2.45, 2.75) is 24.3 Å². The van der Waals surface area contributed by atoms with E-state index in [9.17, 15) is 9.59 Å². The highest BCUT2D eigenvalue weighted by atomic mass is 16.2. The number of H-pyrrole nitrogens is 1. The number of aromatic nitrogens is 2. The van der Waals surface area contributed by atoms with Crippen molar-refractivity contribution >= 4 is 11.8 Å². The lowest BCUT2D eigenvalue weighted by Crippen LogP contribution is -2.43. The maximum Gasteiger partial charge on any atom is 0.246 e. The maximum atomic E-state index is 13.2. The molecular weight excluding hydrogens is 352 g/mol. The SMILES string of the molecule is CNC(=O)C(NC(=O)C1(c2cccc(-c3cn[nH]c3)c2)CC1)c1ccccc1. The van der Waals surface area contributed by atoms with Gasteiger partial charge in [0.2, 0.25) is 11.8 Å². The molecule has 3 N–H and O–H groups in total. The van der Waals surface area contributed by atoms with Crippen molar-refractivity contribution in [1.82, 2.24) is 20.8 Å². The van der Waals surface area contributed by atoms with Gasteiger partial charge in [0.05, 0.1) is 11.6 Å². The zero-order valence-electron chi connectivity index (χ0n) is 15.6. The summed E-state index contributed by atoms with van der Waals surface area (Å²) in [7, 11) is 1.58. The van der Waals surface area contributed by atoms with Gasteiger partial charge in [-0.3, -0.25) is 14.7 Å². The Labute approximate surface area is 163 Å². The first-order valence-corrected chi connectivity index (χ1v) is 9.31. The Morgan fingerprint density at radius 3 is 2.50 bits per heavy atom. The number of aromatic amines is 1. The first kappa shape index (κ1) is 18.0. The molecule has 1 fully saturated rings. The van der Waals surface area contributed by atoms with Crippen LogP contribution in [0.25, 0.3) is 11.1 Å². The fourth-order valence-corrected chi connectivity index (χ4v) is 3.54. The molecule has 2 aromatic carbocycles. The number of rotatable bonds is 6. The second kappa shape index (κ2) is 7.31. The number of carbonyl (C=O) groups excluding carboxylic acids is 2. The zero-order chi connectivity index (χ0) is 19.6.